The average molecular weight is 367 g/mol. The monoisotopic (exact) mass is 367 g/mol. The Morgan fingerprint density at radius 3 is 2.70 bits per heavy atom. The molecule has 0 unspecified atom stereocenters. The summed E-state index contributed by atoms with van der Waals surface area (Å²) in [5.41, 5.74) is 2.44. The Balaban J connectivity index is 1.50. The minimum atomic E-state index is -0.725. The number of rotatable bonds is 2. The minimum Gasteiger partial charge on any atom is -0.389 e. The first-order valence-electron chi connectivity index (χ1n) is 9.53. The van der Waals surface area contributed by atoms with Crippen LogP contribution in [0.3, 0.4) is 0 Å². The lowest BCUT2D eigenvalue weighted by molar-refractivity contribution is -0.153. The molecule has 5 rings (SSSR count). The molecule has 3 aliphatic rings. The van der Waals surface area contributed by atoms with E-state index in [4.69, 9.17) is 4.74 Å². The summed E-state index contributed by atoms with van der Waals surface area (Å²) >= 11 is 0. The van der Waals surface area contributed by atoms with Crippen LogP contribution in [0.4, 0.5) is 4.39 Å². The van der Waals surface area contributed by atoms with E-state index in [1.165, 1.54) is 17.7 Å². The Labute approximate surface area is 157 Å². The first-order valence-corrected chi connectivity index (χ1v) is 9.53. The molecule has 2 aromatic carbocycles. The van der Waals surface area contributed by atoms with Crippen LogP contribution in [-0.4, -0.2) is 40.8 Å². The number of carbonyl (C=O) groups is 1. The molecule has 27 heavy (non-hydrogen) atoms. The molecule has 1 amide bonds. The standard InChI is InChI=1S/C22H22FNO3/c23-17-7-5-15(6-8-17)20-18-4-2-1-3-14(18)9-10-24(20)21(25)19-12-22(26)11-16(22)13-27-19/h1-8,16,19-20,26H,9-13H2/t16-,19-,20+,22+/m1/s1. The first kappa shape index (κ1) is 16.9. The van der Waals surface area contributed by atoms with Gasteiger partial charge in [-0.3, -0.25) is 4.79 Å². The maximum Gasteiger partial charge on any atom is 0.252 e. The lowest BCUT2D eigenvalue weighted by atomic mass is 9.87. The van der Waals surface area contributed by atoms with Crippen LogP contribution in [0.15, 0.2) is 48.5 Å². The SMILES string of the molecule is O=C([C@H]1C[C@@]2(O)C[C@@H]2CO1)N1CCc2ccccc2[C@@H]1c1ccc(F)cc1. The van der Waals surface area contributed by atoms with Crippen LogP contribution in [0.1, 0.15) is 35.6 Å². The molecule has 2 heterocycles. The topological polar surface area (TPSA) is 49.8 Å². The molecule has 0 bridgehead atoms. The van der Waals surface area contributed by atoms with E-state index < -0.39 is 11.7 Å². The van der Waals surface area contributed by atoms with E-state index >= 15 is 0 Å². The van der Waals surface area contributed by atoms with Crippen molar-refractivity contribution in [2.75, 3.05) is 13.2 Å². The molecule has 2 fully saturated rings. The number of ether oxygens (including phenoxy) is 1. The summed E-state index contributed by atoms with van der Waals surface area (Å²) in [6.07, 6.45) is 1.26. The summed E-state index contributed by atoms with van der Waals surface area (Å²) in [6.45, 7) is 1.03. The van der Waals surface area contributed by atoms with Gasteiger partial charge in [0.2, 0.25) is 0 Å². The van der Waals surface area contributed by atoms with Crippen LogP contribution in [-0.2, 0) is 16.0 Å². The highest BCUT2D eigenvalue weighted by Gasteiger charge is 2.58. The first-order chi connectivity index (χ1) is 13.0. The summed E-state index contributed by atoms with van der Waals surface area (Å²) in [4.78, 5) is 15.2. The second-order valence-electron chi connectivity index (χ2n) is 7.97. The third-order valence-electron chi connectivity index (χ3n) is 6.26. The maximum absolute atomic E-state index is 13.5. The highest BCUT2D eigenvalue weighted by Crippen LogP contribution is 2.51. The highest BCUT2D eigenvalue weighted by molar-refractivity contribution is 5.82. The summed E-state index contributed by atoms with van der Waals surface area (Å²) in [7, 11) is 0. The molecular formula is C22H22FNO3. The van der Waals surface area contributed by atoms with Crippen molar-refractivity contribution in [3.8, 4) is 0 Å². The number of carbonyl (C=O) groups excluding carboxylic acids is 1. The number of halogens is 1. The van der Waals surface area contributed by atoms with E-state index in [1.54, 1.807) is 12.1 Å². The van der Waals surface area contributed by atoms with Gasteiger partial charge in [-0.25, -0.2) is 4.39 Å². The van der Waals surface area contributed by atoms with E-state index in [-0.39, 0.29) is 23.7 Å². The number of aliphatic hydroxyl groups is 1. The summed E-state index contributed by atoms with van der Waals surface area (Å²) in [5.74, 6) is -0.201. The fourth-order valence-corrected chi connectivity index (χ4v) is 4.60. The quantitative estimate of drug-likeness (QED) is 0.888. The number of hydrogen-bond acceptors (Lipinski definition) is 3. The van der Waals surface area contributed by atoms with Crippen LogP contribution >= 0.6 is 0 Å². The lowest BCUT2D eigenvalue weighted by Gasteiger charge is -2.40. The number of benzene rings is 2. The molecule has 1 saturated carbocycles. The Kier molecular flexibility index (Phi) is 3.85. The van der Waals surface area contributed by atoms with Crippen molar-refractivity contribution >= 4 is 5.91 Å². The van der Waals surface area contributed by atoms with Crippen molar-refractivity contribution in [3.05, 3.63) is 71.0 Å². The molecule has 0 radical (unpaired) electrons. The third kappa shape index (κ3) is 2.86. The molecule has 1 aliphatic carbocycles. The van der Waals surface area contributed by atoms with Crippen molar-refractivity contribution in [2.24, 2.45) is 5.92 Å². The van der Waals surface area contributed by atoms with Crippen molar-refractivity contribution in [3.63, 3.8) is 0 Å². The number of nitrogens with zero attached hydrogens (tertiary/aromatic N) is 1. The number of fused-ring (bicyclic) bond motifs is 2. The predicted octanol–water partition coefficient (Wildman–Crippen LogP) is 2.84. The van der Waals surface area contributed by atoms with Crippen molar-refractivity contribution in [1.82, 2.24) is 4.90 Å². The van der Waals surface area contributed by atoms with Gasteiger partial charge >= 0.3 is 0 Å². The summed E-state index contributed by atoms with van der Waals surface area (Å²) in [6, 6.07) is 14.2. The molecule has 1 saturated heterocycles. The number of amides is 1. The number of hydrogen-bond donors (Lipinski definition) is 1. The Hall–Kier alpha value is -2.24. The predicted molar refractivity (Wildman–Crippen MR) is 97.5 cm³/mol. The van der Waals surface area contributed by atoms with Crippen LogP contribution in [0, 0.1) is 11.7 Å². The van der Waals surface area contributed by atoms with Gasteiger partial charge in [-0.05, 0) is 41.7 Å². The van der Waals surface area contributed by atoms with Crippen molar-refractivity contribution in [1.29, 1.82) is 0 Å². The second-order valence-corrected chi connectivity index (χ2v) is 7.97. The molecular weight excluding hydrogens is 345 g/mol. The molecule has 5 heteroatoms. The van der Waals surface area contributed by atoms with E-state index in [2.05, 4.69) is 6.07 Å². The largest absolute Gasteiger partial charge is 0.389 e. The molecule has 4 nitrogen and oxygen atoms in total. The third-order valence-corrected chi connectivity index (χ3v) is 6.26. The van der Waals surface area contributed by atoms with E-state index in [0.29, 0.717) is 19.6 Å². The normalized spacial score (nSPS) is 31.8. The highest BCUT2D eigenvalue weighted by atomic mass is 19.1. The average Bonchev–Trinajstić information content (AvgIpc) is 3.38. The van der Waals surface area contributed by atoms with Gasteiger partial charge < -0.3 is 14.7 Å². The molecule has 2 aromatic rings. The van der Waals surface area contributed by atoms with Crippen LogP contribution in [0.5, 0.6) is 0 Å². The Bertz CT molecular complexity index is 883. The van der Waals surface area contributed by atoms with Gasteiger partial charge in [0.05, 0.1) is 18.2 Å². The minimum absolute atomic E-state index is 0.0856. The van der Waals surface area contributed by atoms with Crippen LogP contribution in [0.25, 0.3) is 0 Å². The second kappa shape index (κ2) is 6.14. The molecule has 1 N–H and O–H groups in total. The molecule has 2 aliphatic heterocycles. The van der Waals surface area contributed by atoms with Crippen LogP contribution < -0.4 is 0 Å². The van der Waals surface area contributed by atoms with E-state index in [0.717, 1.165) is 24.0 Å². The van der Waals surface area contributed by atoms with Gasteiger partial charge in [-0.15, -0.1) is 0 Å². The molecule has 0 spiro atoms. The molecule has 0 aromatic heterocycles. The van der Waals surface area contributed by atoms with Crippen LogP contribution in [0.2, 0.25) is 0 Å². The van der Waals surface area contributed by atoms with Gasteiger partial charge in [0.1, 0.15) is 11.9 Å². The van der Waals surface area contributed by atoms with Gasteiger partial charge in [-0.2, -0.15) is 0 Å². The molecule has 140 valence electrons. The van der Waals surface area contributed by atoms with Gasteiger partial charge in [-0.1, -0.05) is 36.4 Å². The Morgan fingerprint density at radius 1 is 1.15 bits per heavy atom. The van der Waals surface area contributed by atoms with E-state index in [1.807, 2.05) is 23.1 Å². The lowest BCUT2D eigenvalue weighted by Crippen LogP contribution is -2.49. The summed E-state index contributed by atoms with van der Waals surface area (Å²) < 4.78 is 19.3. The fraction of sp³-hybridized carbons (Fsp3) is 0.409. The van der Waals surface area contributed by atoms with Gasteiger partial charge in [0.25, 0.3) is 5.91 Å². The Morgan fingerprint density at radius 2 is 1.93 bits per heavy atom. The van der Waals surface area contributed by atoms with Gasteiger partial charge in [0.15, 0.2) is 0 Å². The zero-order chi connectivity index (χ0) is 18.6. The fourth-order valence-electron chi connectivity index (χ4n) is 4.60. The zero-order valence-electron chi connectivity index (χ0n) is 15.0. The zero-order valence-corrected chi connectivity index (χ0v) is 15.0. The van der Waals surface area contributed by atoms with E-state index in [9.17, 15) is 14.3 Å². The van der Waals surface area contributed by atoms with Gasteiger partial charge in [0, 0.05) is 18.9 Å². The molecule has 4 atom stereocenters. The van der Waals surface area contributed by atoms with Crippen molar-refractivity contribution < 1.29 is 19.0 Å². The van der Waals surface area contributed by atoms with Crippen molar-refractivity contribution in [2.45, 2.75) is 37.0 Å². The summed E-state index contributed by atoms with van der Waals surface area (Å²) in [5, 5.41) is 10.4. The maximum atomic E-state index is 13.5. The smallest absolute Gasteiger partial charge is 0.252 e.